The fourth-order valence-corrected chi connectivity index (χ4v) is 3.20. The molecule has 1 aliphatic heterocycles. The second-order valence-corrected chi connectivity index (χ2v) is 6.74. The van der Waals surface area contributed by atoms with Gasteiger partial charge in [0.25, 0.3) is 0 Å². The van der Waals surface area contributed by atoms with Crippen LogP contribution in [-0.2, 0) is 4.74 Å². The van der Waals surface area contributed by atoms with E-state index in [1.807, 2.05) is 6.92 Å². The molecule has 0 aromatic rings. The first-order valence-electron chi connectivity index (χ1n) is 7.63. The Morgan fingerprint density at radius 3 is 2.60 bits per heavy atom. The molecule has 2 N–H and O–H groups in total. The van der Waals surface area contributed by atoms with Gasteiger partial charge in [0, 0.05) is 38.2 Å². The molecule has 0 bridgehead atoms. The number of hydrogen-bond acceptors (Lipinski definition) is 3. The van der Waals surface area contributed by atoms with Gasteiger partial charge in [0.15, 0.2) is 5.96 Å². The third-order valence-electron chi connectivity index (χ3n) is 5.35. The Morgan fingerprint density at radius 2 is 2.15 bits per heavy atom. The van der Waals surface area contributed by atoms with Crippen molar-refractivity contribution in [1.29, 1.82) is 0 Å². The third-order valence-corrected chi connectivity index (χ3v) is 5.35. The second kappa shape index (κ2) is 5.53. The van der Waals surface area contributed by atoms with Crippen LogP contribution >= 0.6 is 0 Å². The Morgan fingerprint density at radius 1 is 1.45 bits per heavy atom. The molecule has 0 amide bonds. The van der Waals surface area contributed by atoms with Gasteiger partial charge < -0.3 is 20.1 Å². The molecule has 2 rings (SSSR count). The summed E-state index contributed by atoms with van der Waals surface area (Å²) >= 11 is 0. The number of aliphatic hydroxyl groups is 1. The summed E-state index contributed by atoms with van der Waals surface area (Å²) in [5.41, 5.74) is -0.0128. The number of nitrogens with zero attached hydrogens (tertiary/aromatic N) is 2. The molecular weight excluding hydrogens is 254 g/mol. The molecular formula is C15H29N3O2. The van der Waals surface area contributed by atoms with Crippen LogP contribution in [0.4, 0.5) is 0 Å². The molecule has 1 heterocycles. The molecule has 0 aromatic carbocycles. The molecule has 0 radical (unpaired) electrons. The van der Waals surface area contributed by atoms with Gasteiger partial charge in [0.2, 0.25) is 0 Å². The van der Waals surface area contributed by atoms with Crippen molar-refractivity contribution >= 4 is 5.96 Å². The summed E-state index contributed by atoms with van der Waals surface area (Å²) in [5, 5.41) is 13.3. The van der Waals surface area contributed by atoms with E-state index >= 15 is 0 Å². The Labute approximate surface area is 122 Å². The molecule has 20 heavy (non-hydrogen) atoms. The molecule has 5 nitrogen and oxygen atoms in total. The molecule has 2 aliphatic rings. The number of hydrogen-bond donors (Lipinski definition) is 2. The summed E-state index contributed by atoms with van der Waals surface area (Å²) in [5.74, 6) is 0.931. The highest BCUT2D eigenvalue weighted by Crippen LogP contribution is 2.51. The lowest BCUT2D eigenvalue weighted by molar-refractivity contribution is -0.177. The molecule has 3 atom stereocenters. The number of aliphatic hydroxyl groups excluding tert-OH is 1. The van der Waals surface area contributed by atoms with Gasteiger partial charge in [-0.05, 0) is 26.7 Å². The minimum atomic E-state index is -0.225. The van der Waals surface area contributed by atoms with Crippen LogP contribution in [0.25, 0.3) is 0 Å². The highest BCUT2D eigenvalue weighted by molar-refractivity contribution is 5.81. The lowest BCUT2D eigenvalue weighted by Crippen LogP contribution is -2.69. The number of ether oxygens (including phenoxy) is 1. The van der Waals surface area contributed by atoms with Crippen molar-refractivity contribution in [3.8, 4) is 0 Å². The van der Waals surface area contributed by atoms with E-state index in [1.54, 1.807) is 7.11 Å². The van der Waals surface area contributed by atoms with E-state index in [4.69, 9.17) is 4.74 Å². The maximum atomic E-state index is 9.70. The molecule has 1 saturated heterocycles. The highest BCUT2D eigenvalue weighted by Gasteiger charge is 2.58. The van der Waals surface area contributed by atoms with E-state index in [9.17, 15) is 5.11 Å². The number of rotatable bonds is 3. The summed E-state index contributed by atoms with van der Waals surface area (Å²) in [4.78, 5) is 6.74. The van der Waals surface area contributed by atoms with Crippen LogP contribution in [0, 0.1) is 5.41 Å². The second-order valence-electron chi connectivity index (χ2n) is 6.74. The topological polar surface area (TPSA) is 57.1 Å². The number of nitrogens with one attached hydrogen (secondary N) is 1. The lowest BCUT2D eigenvalue weighted by atomic mass is 9.56. The zero-order valence-electron chi connectivity index (χ0n) is 13.4. The van der Waals surface area contributed by atoms with Crippen LogP contribution in [0.1, 0.15) is 40.5 Å². The monoisotopic (exact) mass is 283 g/mol. The van der Waals surface area contributed by atoms with Crippen molar-refractivity contribution in [2.75, 3.05) is 26.7 Å². The van der Waals surface area contributed by atoms with E-state index in [-0.39, 0.29) is 17.1 Å². The first-order valence-corrected chi connectivity index (χ1v) is 7.63. The quantitative estimate of drug-likeness (QED) is 0.604. The largest absolute Gasteiger partial charge is 0.391 e. The molecule has 0 aromatic heterocycles. The number of methoxy groups -OCH3 is 1. The van der Waals surface area contributed by atoms with Gasteiger partial charge in [-0.2, -0.15) is 0 Å². The smallest absolute Gasteiger partial charge is 0.194 e. The van der Waals surface area contributed by atoms with Crippen molar-refractivity contribution in [3.63, 3.8) is 0 Å². The fraction of sp³-hybridized carbons (Fsp3) is 0.933. The summed E-state index contributed by atoms with van der Waals surface area (Å²) in [7, 11) is 1.79. The Bertz CT molecular complexity index is 383. The van der Waals surface area contributed by atoms with E-state index in [0.29, 0.717) is 12.6 Å². The SMILES string of the molecule is CCN=C(NC1CC(C)(OC)C1(C)C)N1CC[C@@H](O)C1. The predicted octanol–water partition coefficient (Wildman–Crippen LogP) is 1.22. The van der Waals surface area contributed by atoms with Crippen molar-refractivity contribution in [2.24, 2.45) is 10.4 Å². The van der Waals surface area contributed by atoms with E-state index < -0.39 is 0 Å². The van der Waals surface area contributed by atoms with Gasteiger partial charge in [-0.1, -0.05) is 13.8 Å². The zero-order valence-corrected chi connectivity index (χ0v) is 13.4. The molecule has 2 fully saturated rings. The normalized spacial score (nSPS) is 36.9. The van der Waals surface area contributed by atoms with Crippen LogP contribution in [0.2, 0.25) is 0 Å². The van der Waals surface area contributed by atoms with Crippen LogP contribution in [0.3, 0.4) is 0 Å². The molecule has 116 valence electrons. The van der Waals surface area contributed by atoms with Crippen molar-refractivity contribution < 1.29 is 9.84 Å². The lowest BCUT2D eigenvalue weighted by Gasteiger charge is -2.59. The Kier molecular flexibility index (Phi) is 4.30. The summed E-state index contributed by atoms with van der Waals surface area (Å²) in [6, 6.07) is 0.357. The van der Waals surface area contributed by atoms with E-state index in [0.717, 1.165) is 31.9 Å². The number of likely N-dealkylation sites (tertiary alicyclic amines) is 1. The van der Waals surface area contributed by atoms with Gasteiger partial charge >= 0.3 is 0 Å². The number of aliphatic imine (C=N–C) groups is 1. The minimum Gasteiger partial charge on any atom is -0.391 e. The summed E-state index contributed by atoms with van der Waals surface area (Å²) < 4.78 is 5.67. The minimum absolute atomic E-state index is 0.0641. The van der Waals surface area contributed by atoms with Crippen molar-refractivity contribution in [1.82, 2.24) is 10.2 Å². The third kappa shape index (κ3) is 2.53. The predicted molar refractivity (Wildman–Crippen MR) is 80.9 cm³/mol. The average Bonchev–Trinajstić information content (AvgIpc) is 2.83. The Balaban J connectivity index is 2.02. The maximum absolute atomic E-state index is 9.70. The van der Waals surface area contributed by atoms with Gasteiger partial charge in [0.05, 0.1) is 11.7 Å². The van der Waals surface area contributed by atoms with Gasteiger partial charge in [-0.25, -0.2) is 0 Å². The first kappa shape index (κ1) is 15.6. The molecule has 0 spiro atoms. The van der Waals surface area contributed by atoms with Crippen molar-refractivity contribution in [3.05, 3.63) is 0 Å². The molecule has 1 saturated carbocycles. The Hall–Kier alpha value is -0.810. The van der Waals surface area contributed by atoms with Crippen LogP contribution < -0.4 is 5.32 Å². The van der Waals surface area contributed by atoms with Gasteiger partial charge in [-0.3, -0.25) is 4.99 Å². The molecule has 5 heteroatoms. The highest BCUT2D eigenvalue weighted by atomic mass is 16.5. The standard InChI is InChI=1S/C15H29N3O2/c1-6-16-13(18-8-7-11(19)10-18)17-12-9-15(4,20-5)14(12,2)3/h11-12,19H,6-10H2,1-5H3,(H,16,17)/t11-,12?,15?/m1/s1. The van der Waals surface area contributed by atoms with Crippen LogP contribution in [0.15, 0.2) is 4.99 Å². The average molecular weight is 283 g/mol. The first-order chi connectivity index (χ1) is 9.34. The van der Waals surface area contributed by atoms with E-state index in [1.165, 1.54) is 0 Å². The van der Waals surface area contributed by atoms with Gasteiger partial charge in [-0.15, -0.1) is 0 Å². The molecule has 2 unspecified atom stereocenters. The van der Waals surface area contributed by atoms with Crippen LogP contribution in [-0.4, -0.2) is 60.5 Å². The summed E-state index contributed by atoms with van der Waals surface area (Å²) in [6.07, 6.45) is 1.58. The number of guanidine groups is 1. The molecule has 1 aliphatic carbocycles. The van der Waals surface area contributed by atoms with E-state index in [2.05, 4.69) is 36.0 Å². The number of β-amino-alcohol motifs (C(OH)–C–C–N with tert-alkyl or cyclic N) is 1. The van der Waals surface area contributed by atoms with Gasteiger partial charge in [0.1, 0.15) is 0 Å². The fourth-order valence-electron chi connectivity index (χ4n) is 3.20. The maximum Gasteiger partial charge on any atom is 0.194 e. The van der Waals surface area contributed by atoms with Crippen molar-refractivity contribution in [2.45, 2.75) is 58.3 Å². The van der Waals surface area contributed by atoms with Crippen LogP contribution in [0.5, 0.6) is 0 Å². The zero-order chi connectivity index (χ0) is 15.0. The summed E-state index contributed by atoms with van der Waals surface area (Å²) in [6.45, 7) is 11.0.